The number of nitrogens with zero attached hydrogens (tertiary/aromatic N) is 1. The van der Waals surface area contributed by atoms with Gasteiger partial charge in [0.05, 0.1) is 0 Å². The van der Waals surface area contributed by atoms with Crippen LogP contribution in [0.2, 0.25) is 0 Å². The van der Waals surface area contributed by atoms with Crippen molar-refractivity contribution < 1.29 is 24.2 Å². The van der Waals surface area contributed by atoms with Gasteiger partial charge in [-0.1, -0.05) is 111 Å². The predicted octanol–water partition coefficient (Wildman–Crippen LogP) is 6.68. The van der Waals surface area contributed by atoms with Gasteiger partial charge in [-0.05, 0) is 44.4 Å². The normalized spacial score (nSPS) is 12.5. The molecule has 3 amide bonds. The van der Waals surface area contributed by atoms with E-state index in [-0.39, 0.29) is 25.3 Å². The number of carbonyl (C=O) groups is 3. The summed E-state index contributed by atoms with van der Waals surface area (Å²) in [6.45, 7) is 7.93. The number of benzene rings is 3. The van der Waals surface area contributed by atoms with Crippen molar-refractivity contribution in [3.8, 4) is 5.75 Å². The van der Waals surface area contributed by atoms with Crippen LogP contribution in [0.5, 0.6) is 5.75 Å². The van der Waals surface area contributed by atoms with Gasteiger partial charge in [-0.3, -0.25) is 9.59 Å². The fraction of sp³-hybridized carbons (Fsp3) is 0.417. The lowest BCUT2D eigenvalue weighted by Crippen LogP contribution is -2.54. The number of aromatic hydroxyl groups is 1. The highest BCUT2D eigenvalue weighted by molar-refractivity contribution is 5.92. The second-order valence-corrected chi connectivity index (χ2v) is 12.0. The first-order chi connectivity index (χ1) is 21.1. The first kappa shape index (κ1) is 34.2. The van der Waals surface area contributed by atoms with Crippen LogP contribution in [-0.4, -0.2) is 46.1 Å². The fourth-order valence-corrected chi connectivity index (χ4v) is 5.00. The molecule has 0 fully saturated rings. The summed E-state index contributed by atoms with van der Waals surface area (Å²) in [6.07, 6.45) is 4.16. The molecule has 0 spiro atoms. The van der Waals surface area contributed by atoms with Crippen molar-refractivity contribution in [2.24, 2.45) is 0 Å². The lowest BCUT2D eigenvalue weighted by atomic mass is 9.99. The molecule has 0 heterocycles. The van der Waals surface area contributed by atoms with Gasteiger partial charge in [0.25, 0.3) is 0 Å². The SMILES string of the molecule is CCCCCCCN(C(=O)C(Cc1ccccc1)NC(=O)OC(C)(C)C)C(C(=O)NCc1ccccc1)c1ccccc1O. The third-order valence-corrected chi connectivity index (χ3v) is 7.16. The van der Waals surface area contributed by atoms with Crippen molar-refractivity contribution >= 4 is 17.9 Å². The lowest BCUT2D eigenvalue weighted by molar-refractivity contribution is -0.142. The number of amides is 3. The topological polar surface area (TPSA) is 108 Å². The number of ether oxygens (including phenoxy) is 1. The maximum absolute atomic E-state index is 14.6. The molecule has 44 heavy (non-hydrogen) atoms. The molecular formula is C36H47N3O5. The summed E-state index contributed by atoms with van der Waals surface area (Å²) in [5.41, 5.74) is 1.30. The average molecular weight is 602 g/mol. The Morgan fingerprint density at radius 1 is 0.818 bits per heavy atom. The Balaban J connectivity index is 2.01. The molecule has 3 rings (SSSR count). The van der Waals surface area contributed by atoms with Crippen molar-refractivity contribution in [1.29, 1.82) is 0 Å². The monoisotopic (exact) mass is 601 g/mol. The van der Waals surface area contributed by atoms with Crippen LogP contribution >= 0.6 is 0 Å². The Hall–Kier alpha value is -4.33. The van der Waals surface area contributed by atoms with Crippen LogP contribution in [0.3, 0.4) is 0 Å². The molecule has 8 nitrogen and oxygen atoms in total. The molecular weight excluding hydrogens is 554 g/mol. The molecule has 2 atom stereocenters. The van der Waals surface area contributed by atoms with Gasteiger partial charge in [0, 0.05) is 25.1 Å². The molecule has 3 aromatic rings. The minimum atomic E-state index is -1.13. The molecule has 0 bridgehead atoms. The van der Waals surface area contributed by atoms with Crippen molar-refractivity contribution in [3.05, 3.63) is 102 Å². The van der Waals surface area contributed by atoms with Crippen LogP contribution in [0.4, 0.5) is 4.79 Å². The van der Waals surface area contributed by atoms with Gasteiger partial charge in [0.1, 0.15) is 23.4 Å². The second-order valence-electron chi connectivity index (χ2n) is 12.0. The minimum absolute atomic E-state index is 0.0872. The molecule has 0 aliphatic carbocycles. The van der Waals surface area contributed by atoms with E-state index in [1.165, 1.54) is 11.0 Å². The van der Waals surface area contributed by atoms with Crippen LogP contribution in [0.15, 0.2) is 84.9 Å². The van der Waals surface area contributed by atoms with Gasteiger partial charge in [-0.15, -0.1) is 0 Å². The number of rotatable bonds is 15. The number of phenols is 1. The zero-order valence-corrected chi connectivity index (χ0v) is 26.4. The maximum Gasteiger partial charge on any atom is 0.408 e. The Morgan fingerprint density at radius 3 is 2.02 bits per heavy atom. The summed E-state index contributed by atoms with van der Waals surface area (Å²) < 4.78 is 5.52. The lowest BCUT2D eigenvalue weighted by Gasteiger charge is -2.35. The summed E-state index contributed by atoms with van der Waals surface area (Å²) in [4.78, 5) is 43.1. The number of phenolic OH excluding ortho intramolecular Hbond substituents is 1. The summed E-state index contributed by atoms with van der Waals surface area (Å²) >= 11 is 0. The van der Waals surface area contributed by atoms with Gasteiger partial charge >= 0.3 is 6.09 Å². The van der Waals surface area contributed by atoms with E-state index in [4.69, 9.17) is 4.74 Å². The smallest absolute Gasteiger partial charge is 0.408 e. The van der Waals surface area contributed by atoms with Gasteiger partial charge in [-0.25, -0.2) is 4.79 Å². The molecule has 236 valence electrons. The Bertz CT molecular complexity index is 1320. The van der Waals surface area contributed by atoms with Crippen LogP contribution in [-0.2, 0) is 27.3 Å². The molecule has 0 radical (unpaired) electrons. The standard InChI is InChI=1S/C36H47N3O5/c1-5-6-7-8-17-24-39(34(42)30(25-27-18-11-9-12-19-27)38-35(43)44-36(2,3)4)32(29-22-15-16-23-31(29)40)33(41)37-26-28-20-13-10-14-21-28/h9-16,18-23,30,32,40H,5-8,17,24-26H2,1-4H3,(H,37,41)(H,38,43). The van der Waals surface area contributed by atoms with Crippen LogP contribution in [0.1, 0.15) is 82.5 Å². The van der Waals surface area contributed by atoms with Gasteiger partial charge in [0.15, 0.2) is 0 Å². The number of unbranched alkanes of at least 4 members (excludes halogenated alkanes) is 4. The number of hydrogen-bond acceptors (Lipinski definition) is 5. The Labute approximate surface area is 261 Å². The number of alkyl carbamates (subject to hydrolysis) is 1. The highest BCUT2D eigenvalue weighted by Gasteiger charge is 2.37. The van der Waals surface area contributed by atoms with Crippen molar-refractivity contribution in [1.82, 2.24) is 15.5 Å². The molecule has 8 heteroatoms. The van der Waals surface area contributed by atoms with Crippen molar-refractivity contribution in [2.45, 2.75) is 90.4 Å². The number of carbonyl (C=O) groups excluding carboxylic acids is 3. The van der Waals surface area contributed by atoms with Crippen molar-refractivity contribution in [2.75, 3.05) is 6.54 Å². The molecule has 0 aliphatic heterocycles. The second kappa shape index (κ2) is 17.1. The highest BCUT2D eigenvalue weighted by atomic mass is 16.6. The summed E-state index contributed by atoms with van der Waals surface area (Å²) in [5.74, 6) is -0.942. The molecule has 0 saturated heterocycles. The molecule has 3 aromatic carbocycles. The quantitative estimate of drug-likeness (QED) is 0.168. The van der Waals surface area contributed by atoms with Crippen LogP contribution in [0.25, 0.3) is 0 Å². The summed E-state index contributed by atoms with van der Waals surface area (Å²) in [6, 6.07) is 23.4. The van der Waals surface area contributed by atoms with E-state index in [0.29, 0.717) is 12.0 Å². The minimum Gasteiger partial charge on any atom is -0.508 e. The van der Waals surface area contributed by atoms with E-state index < -0.39 is 35.6 Å². The summed E-state index contributed by atoms with van der Waals surface area (Å²) in [7, 11) is 0. The molecule has 0 saturated carbocycles. The third kappa shape index (κ3) is 11.1. The van der Waals surface area contributed by atoms with E-state index in [0.717, 1.165) is 36.8 Å². The molecule has 0 aliphatic rings. The van der Waals surface area contributed by atoms with E-state index in [2.05, 4.69) is 17.6 Å². The van der Waals surface area contributed by atoms with Gasteiger partial charge < -0.3 is 25.4 Å². The van der Waals surface area contributed by atoms with Gasteiger partial charge in [-0.2, -0.15) is 0 Å². The predicted molar refractivity (Wildman–Crippen MR) is 173 cm³/mol. The molecule has 0 aromatic heterocycles. The number of para-hydroxylation sites is 1. The Kier molecular flexibility index (Phi) is 13.3. The first-order valence-electron chi connectivity index (χ1n) is 15.5. The van der Waals surface area contributed by atoms with Crippen LogP contribution in [0, 0.1) is 0 Å². The maximum atomic E-state index is 14.6. The van der Waals surface area contributed by atoms with E-state index in [1.54, 1.807) is 39.0 Å². The zero-order chi connectivity index (χ0) is 32.0. The fourth-order valence-electron chi connectivity index (χ4n) is 5.00. The van der Waals surface area contributed by atoms with E-state index in [1.807, 2.05) is 60.7 Å². The largest absolute Gasteiger partial charge is 0.508 e. The molecule has 3 N–H and O–H groups in total. The first-order valence-corrected chi connectivity index (χ1v) is 15.5. The average Bonchev–Trinajstić information content (AvgIpc) is 2.99. The Morgan fingerprint density at radius 2 is 1.41 bits per heavy atom. The highest BCUT2D eigenvalue weighted by Crippen LogP contribution is 2.30. The van der Waals surface area contributed by atoms with E-state index >= 15 is 0 Å². The molecule has 2 unspecified atom stereocenters. The van der Waals surface area contributed by atoms with Crippen LogP contribution < -0.4 is 10.6 Å². The van der Waals surface area contributed by atoms with E-state index in [9.17, 15) is 19.5 Å². The summed E-state index contributed by atoms with van der Waals surface area (Å²) in [5, 5.41) is 16.7. The third-order valence-electron chi connectivity index (χ3n) is 7.16. The number of hydrogen-bond donors (Lipinski definition) is 3. The van der Waals surface area contributed by atoms with Gasteiger partial charge in [0.2, 0.25) is 11.8 Å². The number of nitrogens with one attached hydrogen (secondary N) is 2. The zero-order valence-electron chi connectivity index (χ0n) is 26.4. The van der Waals surface area contributed by atoms with Crippen molar-refractivity contribution in [3.63, 3.8) is 0 Å².